The standard InChI is InChI=1S/C46H60F2N4O11S/c1-25(31-13-14-32-27(6-4-17-45(31,32)3)9-12-29-20-30(53)21-33(54)26(29)2)8-15-34(28-10-11-28)62-40(57)24-64-36-22-38(55)51(42(36)59)18-5-7-39(56)61-23-35-41(58)46(47,48)43(63-35)52-19-16-37(49)50-44(52)60/h8-9,12,15-16,19,25,28,30-36,41,43,53-54,58H,2,4-7,10-11,13-14,17-18,20-24H2,1,3H3,(H2,49,50,60)/b15-8+,27-9+,29-12-/t25-,30+,31?,32?,33-,34?,35?,36?,41?,43?,45+/m0/s1. The molecule has 18 heteroatoms. The highest BCUT2D eigenvalue weighted by Crippen LogP contribution is 2.59. The molecule has 4 saturated carbocycles. The summed E-state index contributed by atoms with van der Waals surface area (Å²) in [6, 6.07) is 1.12. The van der Waals surface area contributed by atoms with Crippen molar-refractivity contribution in [1.82, 2.24) is 14.5 Å². The maximum absolute atomic E-state index is 14.8. The highest BCUT2D eigenvalue weighted by Gasteiger charge is 2.60. The number of carbonyl (C=O) groups excluding carboxylic acids is 4. The summed E-state index contributed by atoms with van der Waals surface area (Å²) in [4.78, 5) is 68.0. The topological polar surface area (TPSA) is 221 Å². The number of nitrogens with zero attached hydrogens (tertiary/aromatic N) is 3. The molecule has 350 valence electrons. The van der Waals surface area contributed by atoms with Gasteiger partial charge in [0, 0.05) is 32.0 Å². The SMILES string of the molecule is C=C1/C(=C\C=C2/CCC[C@@]3(C)C2CCC3[C@@H](C)/C=C/C(OC(=O)CSC2CC(=O)N(CCCC(=O)OCC3OC(n4ccc(N)nc4=O)C(F)(F)C3O)C2=O)C2CC2)C[C@@H](O)C[C@@H]1O. The Morgan fingerprint density at radius 3 is 2.61 bits per heavy atom. The van der Waals surface area contributed by atoms with E-state index in [-0.39, 0.29) is 60.7 Å². The van der Waals surface area contributed by atoms with Gasteiger partial charge in [-0.25, -0.2) is 4.79 Å². The van der Waals surface area contributed by atoms with Crippen molar-refractivity contribution in [1.29, 1.82) is 0 Å². The molecule has 4 aliphatic carbocycles. The number of halogens is 2. The number of amides is 2. The molecule has 11 atom stereocenters. The molecule has 0 bridgehead atoms. The first-order valence-electron chi connectivity index (χ1n) is 22.4. The fourth-order valence-electron chi connectivity index (χ4n) is 10.5. The number of aliphatic hydroxyl groups is 3. The highest BCUT2D eigenvalue weighted by atomic mass is 32.2. The Balaban J connectivity index is 0.842. The molecular weight excluding hydrogens is 855 g/mol. The van der Waals surface area contributed by atoms with Gasteiger partial charge in [0.1, 0.15) is 24.6 Å². The normalized spacial score (nSPS) is 33.9. The third kappa shape index (κ3) is 10.4. The maximum atomic E-state index is 14.8. The molecule has 2 aliphatic heterocycles. The van der Waals surface area contributed by atoms with Crippen LogP contribution in [0.25, 0.3) is 0 Å². The molecule has 0 radical (unpaired) electrons. The number of esters is 2. The molecule has 1 aromatic rings. The molecule has 6 fully saturated rings. The average molecular weight is 915 g/mol. The number of allylic oxidation sites excluding steroid dienone is 4. The van der Waals surface area contributed by atoms with E-state index in [1.54, 1.807) is 0 Å². The van der Waals surface area contributed by atoms with Crippen molar-refractivity contribution >= 4 is 41.3 Å². The Morgan fingerprint density at radius 1 is 1.11 bits per heavy atom. The first kappa shape index (κ1) is 47.7. The Kier molecular flexibility index (Phi) is 14.7. The number of nitrogens with two attached hydrogens (primary N) is 1. The lowest BCUT2D eigenvalue weighted by Crippen LogP contribution is -2.42. The van der Waals surface area contributed by atoms with E-state index in [1.165, 1.54) is 5.57 Å². The van der Waals surface area contributed by atoms with Gasteiger partial charge < -0.3 is 35.3 Å². The summed E-state index contributed by atoms with van der Waals surface area (Å²) in [6.45, 7) is 7.88. The lowest BCUT2D eigenvalue weighted by molar-refractivity contribution is -0.151. The van der Waals surface area contributed by atoms with E-state index in [1.807, 2.05) is 6.08 Å². The Morgan fingerprint density at radius 2 is 1.88 bits per heavy atom. The molecule has 6 aliphatic rings. The van der Waals surface area contributed by atoms with Gasteiger partial charge in [0.2, 0.25) is 18.0 Å². The molecule has 15 nitrogen and oxygen atoms in total. The average Bonchev–Trinajstić information content (AvgIpc) is 3.92. The predicted octanol–water partition coefficient (Wildman–Crippen LogP) is 4.56. The number of hydrogen-bond acceptors (Lipinski definition) is 14. The largest absolute Gasteiger partial charge is 0.463 e. The molecule has 64 heavy (non-hydrogen) atoms. The quantitative estimate of drug-likeness (QED) is 0.102. The summed E-state index contributed by atoms with van der Waals surface area (Å²) >= 11 is 1.04. The van der Waals surface area contributed by atoms with Gasteiger partial charge >= 0.3 is 23.6 Å². The number of ether oxygens (including phenoxy) is 3. The number of likely N-dealkylation sites (tertiary alicyclic amines) is 1. The Hall–Kier alpha value is -4.23. The van der Waals surface area contributed by atoms with Crippen molar-refractivity contribution in [2.75, 3.05) is 24.6 Å². The number of anilines is 1. The van der Waals surface area contributed by atoms with Gasteiger partial charge in [0.25, 0.3) is 0 Å². The molecule has 5 N–H and O–H groups in total. The molecule has 3 heterocycles. The summed E-state index contributed by atoms with van der Waals surface area (Å²) in [5, 5.41) is 29.9. The van der Waals surface area contributed by atoms with Gasteiger partial charge in [-0.15, -0.1) is 11.8 Å². The minimum atomic E-state index is -3.92. The van der Waals surface area contributed by atoms with Gasteiger partial charge in [0.15, 0.2) is 6.10 Å². The van der Waals surface area contributed by atoms with Crippen LogP contribution in [0.2, 0.25) is 0 Å². The molecule has 0 aromatic carbocycles. The van der Waals surface area contributed by atoms with Crippen LogP contribution in [0.3, 0.4) is 0 Å². The fraction of sp³-hybridized carbons (Fsp3) is 0.652. The first-order chi connectivity index (χ1) is 30.4. The van der Waals surface area contributed by atoms with E-state index in [4.69, 9.17) is 19.9 Å². The zero-order valence-electron chi connectivity index (χ0n) is 36.3. The summed E-state index contributed by atoms with van der Waals surface area (Å²) < 4.78 is 46.3. The molecular formula is C46H60F2N4O11S. The van der Waals surface area contributed by atoms with Crippen molar-refractivity contribution < 1.29 is 57.5 Å². The molecule has 7 rings (SSSR count). The number of alkyl halides is 2. The summed E-state index contributed by atoms with van der Waals surface area (Å²) in [7, 11) is 0. The second-order valence-electron chi connectivity index (χ2n) is 18.6. The van der Waals surface area contributed by atoms with E-state index in [9.17, 15) is 48.1 Å². The number of rotatable bonds is 16. The van der Waals surface area contributed by atoms with Crippen molar-refractivity contribution in [3.05, 3.63) is 70.3 Å². The number of thioether (sulfide) groups is 1. The zero-order chi connectivity index (χ0) is 46.1. The number of nitrogen functional groups attached to an aromatic ring is 1. The van der Waals surface area contributed by atoms with Crippen LogP contribution >= 0.6 is 11.8 Å². The van der Waals surface area contributed by atoms with E-state index < -0.39 is 77.9 Å². The minimum Gasteiger partial charge on any atom is -0.463 e. The number of fused-ring (bicyclic) bond motifs is 1. The predicted molar refractivity (Wildman–Crippen MR) is 231 cm³/mol. The molecule has 2 amide bonds. The van der Waals surface area contributed by atoms with E-state index in [0.29, 0.717) is 34.8 Å². The fourth-order valence-corrected chi connectivity index (χ4v) is 11.4. The number of imide groups is 1. The summed E-state index contributed by atoms with van der Waals surface area (Å²) in [6.07, 6.45) is 9.35. The van der Waals surface area contributed by atoms with Crippen LogP contribution in [0.1, 0.15) is 97.1 Å². The van der Waals surface area contributed by atoms with Gasteiger partial charge in [-0.2, -0.15) is 13.8 Å². The lowest BCUT2D eigenvalue weighted by Gasteiger charge is -2.44. The van der Waals surface area contributed by atoms with Crippen LogP contribution in [0, 0.1) is 29.1 Å². The second kappa shape index (κ2) is 19.7. The van der Waals surface area contributed by atoms with Gasteiger partial charge in [-0.1, -0.05) is 44.2 Å². The van der Waals surface area contributed by atoms with Gasteiger partial charge in [-0.3, -0.25) is 28.6 Å². The van der Waals surface area contributed by atoms with Crippen LogP contribution in [0.5, 0.6) is 0 Å². The Labute approximate surface area is 375 Å². The zero-order valence-corrected chi connectivity index (χ0v) is 37.1. The van der Waals surface area contributed by atoms with Crippen LogP contribution in [-0.4, -0.2) is 114 Å². The third-order valence-corrected chi connectivity index (χ3v) is 15.3. The summed E-state index contributed by atoms with van der Waals surface area (Å²) in [5.41, 5.74) is 7.45. The van der Waals surface area contributed by atoms with Crippen molar-refractivity contribution in [3.63, 3.8) is 0 Å². The number of aliphatic hydroxyl groups excluding tert-OH is 3. The Bertz CT molecular complexity index is 2120. The van der Waals surface area contributed by atoms with E-state index in [0.717, 1.165) is 79.4 Å². The lowest BCUT2D eigenvalue weighted by atomic mass is 9.61. The molecule has 2 saturated heterocycles. The van der Waals surface area contributed by atoms with Crippen molar-refractivity contribution in [3.8, 4) is 0 Å². The van der Waals surface area contributed by atoms with E-state index in [2.05, 4.69) is 43.6 Å². The third-order valence-electron chi connectivity index (χ3n) is 14.2. The van der Waals surface area contributed by atoms with Gasteiger partial charge in [0.05, 0.1) is 23.2 Å². The maximum Gasteiger partial charge on any atom is 0.351 e. The molecule has 7 unspecified atom stereocenters. The second-order valence-corrected chi connectivity index (χ2v) is 19.8. The van der Waals surface area contributed by atoms with Crippen LogP contribution in [-0.2, 0) is 33.4 Å². The first-order valence-corrected chi connectivity index (χ1v) is 23.4. The van der Waals surface area contributed by atoms with Crippen molar-refractivity contribution in [2.24, 2.45) is 29.1 Å². The number of hydrogen-bond donors (Lipinski definition) is 4. The number of carbonyl (C=O) groups is 4. The molecule has 1 aromatic heterocycles. The van der Waals surface area contributed by atoms with Gasteiger partial charge in [-0.05, 0) is 110 Å². The highest BCUT2D eigenvalue weighted by molar-refractivity contribution is 8.01. The van der Waals surface area contributed by atoms with Crippen LogP contribution < -0.4 is 11.4 Å². The molecule has 0 spiro atoms. The monoisotopic (exact) mass is 914 g/mol. The van der Waals surface area contributed by atoms with Crippen molar-refractivity contribution in [2.45, 2.75) is 139 Å². The van der Waals surface area contributed by atoms with Crippen LogP contribution in [0.4, 0.5) is 14.6 Å². The number of aromatic nitrogens is 2. The van der Waals surface area contributed by atoms with Crippen LogP contribution in [0.15, 0.2) is 64.7 Å². The van der Waals surface area contributed by atoms with E-state index >= 15 is 0 Å². The smallest absolute Gasteiger partial charge is 0.351 e. The minimum absolute atomic E-state index is 0.0215. The summed E-state index contributed by atoms with van der Waals surface area (Å²) in [5.74, 6) is -5.09.